The van der Waals surface area contributed by atoms with Crippen molar-refractivity contribution in [2.45, 2.75) is 20.4 Å². The molecule has 0 radical (unpaired) electrons. The highest BCUT2D eigenvalue weighted by Crippen LogP contribution is 2.31. The third-order valence-corrected chi connectivity index (χ3v) is 3.86. The molecule has 18 heavy (non-hydrogen) atoms. The van der Waals surface area contributed by atoms with Crippen molar-refractivity contribution >= 4 is 11.3 Å². The molecule has 1 N–H and O–H groups in total. The van der Waals surface area contributed by atoms with Crippen LogP contribution < -0.4 is 10.1 Å². The quantitative estimate of drug-likeness (QED) is 0.883. The van der Waals surface area contributed by atoms with Crippen molar-refractivity contribution in [3.63, 3.8) is 0 Å². The van der Waals surface area contributed by atoms with Crippen molar-refractivity contribution in [3.8, 4) is 16.9 Å². The number of aryl methyl sites for hydroxylation is 1. The van der Waals surface area contributed by atoms with Crippen LogP contribution in [0.2, 0.25) is 0 Å². The molecule has 0 aliphatic carbocycles. The van der Waals surface area contributed by atoms with Crippen molar-refractivity contribution in [3.05, 3.63) is 40.1 Å². The molecule has 0 aliphatic heterocycles. The SMILES string of the molecule is CCNCc1cc(-c2ccsc2C)ccc1OC. The molecule has 2 nitrogen and oxygen atoms in total. The van der Waals surface area contributed by atoms with Gasteiger partial charge >= 0.3 is 0 Å². The molecule has 96 valence electrons. The van der Waals surface area contributed by atoms with E-state index in [2.05, 4.69) is 48.8 Å². The van der Waals surface area contributed by atoms with Crippen molar-refractivity contribution in [1.29, 1.82) is 0 Å². The zero-order valence-corrected chi connectivity index (χ0v) is 11.9. The van der Waals surface area contributed by atoms with Crippen LogP contribution in [0.5, 0.6) is 5.75 Å². The number of hydrogen-bond acceptors (Lipinski definition) is 3. The molecule has 0 fully saturated rings. The summed E-state index contributed by atoms with van der Waals surface area (Å²) in [6.07, 6.45) is 0. The minimum Gasteiger partial charge on any atom is -0.496 e. The number of nitrogens with one attached hydrogen (secondary N) is 1. The average Bonchev–Trinajstić information content (AvgIpc) is 2.82. The highest BCUT2D eigenvalue weighted by atomic mass is 32.1. The standard InChI is InChI=1S/C15H19NOS/c1-4-16-10-13-9-12(5-6-15(13)17-3)14-7-8-18-11(14)2/h5-9,16H,4,10H2,1-3H3. The zero-order chi connectivity index (χ0) is 13.0. The van der Waals surface area contributed by atoms with Crippen LogP contribution in [0.4, 0.5) is 0 Å². The summed E-state index contributed by atoms with van der Waals surface area (Å²) >= 11 is 1.79. The first-order chi connectivity index (χ1) is 8.76. The molecule has 0 amide bonds. The van der Waals surface area contributed by atoms with Gasteiger partial charge in [0, 0.05) is 17.0 Å². The van der Waals surface area contributed by atoms with Gasteiger partial charge < -0.3 is 10.1 Å². The first kappa shape index (κ1) is 13.1. The molecule has 0 saturated heterocycles. The van der Waals surface area contributed by atoms with Gasteiger partial charge in [0.15, 0.2) is 0 Å². The highest BCUT2D eigenvalue weighted by Gasteiger charge is 2.08. The van der Waals surface area contributed by atoms with Crippen molar-refractivity contribution in [1.82, 2.24) is 5.32 Å². The van der Waals surface area contributed by atoms with Crippen molar-refractivity contribution in [2.24, 2.45) is 0 Å². The lowest BCUT2D eigenvalue weighted by atomic mass is 10.0. The van der Waals surface area contributed by atoms with Crippen LogP contribution in [0.1, 0.15) is 17.4 Å². The van der Waals surface area contributed by atoms with E-state index in [0.29, 0.717) is 0 Å². The van der Waals surface area contributed by atoms with E-state index in [1.807, 2.05) is 0 Å². The molecule has 2 aromatic rings. The number of benzene rings is 1. The predicted molar refractivity (Wildman–Crippen MR) is 78.4 cm³/mol. The summed E-state index contributed by atoms with van der Waals surface area (Å²) in [5, 5.41) is 5.49. The van der Waals surface area contributed by atoms with E-state index in [9.17, 15) is 0 Å². The lowest BCUT2D eigenvalue weighted by Crippen LogP contribution is -2.12. The summed E-state index contributed by atoms with van der Waals surface area (Å²) in [5.41, 5.74) is 3.80. The average molecular weight is 261 g/mol. The molecule has 1 heterocycles. The topological polar surface area (TPSA) is 21.3 Å². The van der Waals surface area contributed by atoms with Gasteiger partial charge in [0.25, 0.3) is 0 Å². The van der Waals surface area contributed by atoms with Gasteiger partial charge in [-0.3, -0.25) is 0 Å². The number of rotatable bonds is 5. The van der Waals surface area contributed by atoms with E-state index < -0.39 is 0 Å². The second-order valence-electron chi connectivity index (χ2n) is 4.20. The summed E-state index contributed by atoms with van der Waals surface area (Å²) in [4.78, 5) is 1.36. The Balaban J connectivity index is 2.36. The fraction of sp³-hybridized carbons (Fsp3) is 0.333. The van der Waals surface area contributed by atoms with E-state index in [1.54, 1.807) is 18.4 Å². The summed E-state index contributed by atoms with van der Waals surface area (Å²) in [5.74, 6) is 0.951. The first-order valence-electron chi connectivity index (χ1n) is 6.18. The van der Waals surface area contributed by atoms with Gasteiger partial charge in [0.1, 0.15) is 5.75 Å². The Hall–Kier alpha value is -1.32. The Morgan fingerprint density at radius 3 is 2.72 bits per heavy atom. The fourth-order valence-corrected chi connectivity index (χ4v) is 2.75. The van der Waals surface area contributed by atoms with Gasteiger partial charge in [-0.25, -0.2) is 0 Å². The lowest BCUT2D eigenvalue weighted by molar-refractivity contribution is 0.408. The predicted octanol–water partition coefficient (Wildman–Crippen LogP) is 3.84. The molecule has 2 rings (SSSR count). The van der Waals surface area contributed by atoms with Gasteiger partial charge in [-0.2, -0.15) is 0 Å². The number of thiophene rings is 1. The maximum Gasteiger partial charge on any atom is 0.123 e. The molecule has 0 spiro atoms. The second-order valence-corrected chi connectivity index (χ2v) is 5.32. The Bertz CT molecular complexity index is 519. The molecule has 1 aromatic carbocycles. The van der Waals surface area contributed by atoms with E-state index in [-0.39, 0.29) is 0 Å². The maximum absolute atomic E-state index is 5.41. The lowest BCUT2D eigenvalue weighted by Gasteiger charge is -2.11. The van der Waals surface area contributed by atoms with Crippen LogP contribution in [-0.4, -0.2) is 13.7 Å². The summed E-state index contributed by atoms with van der Waals surface area (Å²) in [6, 6.07) is 8.58. The number of ether oxygens (including phenoxy) is 1. The van der Waals surface area contributed by atoms with E-state index in [0.717, 1.165) is 18.8 Å². The summed E-state index contributed by atoms with van der Waals surface area (Å²) in [7, 11) is 1.72. The number of hydrogen-bond donors (Lipinski definition) is 1. The molecular formula is C15H19NOS. The molecular weight excluding hydrogens is 242 g/mol. The van der Waals surface area contributed by atoms with Crippen LogP contribution in [0, 0.1) is 6.92 Å². The van der Waals surface area contributed by atoms with E-state index >= 15 is 0 Å². The van der Waals surface area contributed by atoms with Gasteiger partial charge in [0.2, 0.25) is 0 Å². The van der Waals surface area contributed by atoms with Gasteiger partial charge in [-0.15, -0.1) is 11.3 Å². The zero-order valence-electron chi connectivity index (χ0n) is 11.1. The van der Waals surface area contributed by atoms with Crippen molar-refractivity contribution < 1.29 is 4.74 Å². The molecule has 1 aromatic heterocycles. The van der Waals surface area contributed by atoms with Crippen LogP contribution >= 0.6 is 11.3 Å². The first-order valence-corrected chi connectivity index (χ1v) is 7.06. The highest BCUT2D eigenvalue weighted by molar-refractivity contribution is 7.10. The molecule has 0 saturated carbocycles. The molecule has 0 atom stereocenters. The van der Waals surface area contributed by atoms with Gasteiger partial charge in [-0.1, -0.05) is 13.0 Å². The van der Waals surface area contributed by atoms with Crippen LogP contribution in [0.25, 0.3) is 11.1 Å². The Morgan fingerprint density at radius 2 is 2.11 bits per heavy atom. The van der Waals surface area contributed by atoms with Crippen LogP contribution in [0.3, 0.4) is 0 Å². The van der Waals surface area contributed by atoms with E-state index in [4.69, 9.17) is 4.74 Å². The fourth-order valence-electron chi connectivity index (χ4n) is 2.03. The molecule has 0 unspecified atom stereocenters. The minimum atomic E-state index is 0.844. The van der Waals surface area contributed by atoms with Crippen molar-refractivity contribution in [2.75, 3.05) is 13.7 Å². The second kappa shape index (κ2) is 6.03. The van der Waals surface area contributed by atoms with Crippen LogP contribution in [-0.2, 0) is 6.54 Å². The molecule has 0 aliphatic rings. The Morgan fingerprint density at radius 1 is 1.28 bits per heavy atom. The summed E-state index contributed by atoms with van der Waals surface area (Å²) in [6.45, 7) is 6.08. The van der Waals surface area contributed by atoms with Gasteiger partial charge in [0.05, 0.1) is 7.11 Å². The Labute approximate surface area is 113 Å². The third kappa shape index (κ3) is 2.74. The Kier molecular flexibility index (Phi) is 4.39. The number of methoxy groups -OCH3 is 1. The smallest absolute Gasteiger partial charge is 0.123 e. The van der Waals surface area contributed by atoms with E-state index in [1.165, 1.54) is 21.6 Å². The molecule has 0 bridgehead atoms. The summed E-state index contributed by atoms with van der Waals surface area (Å²) < 4.78 is 5.41. The van der Waals surface area contributed by atoms with Gasteiger partial charge in [-0.05, 0) is 48.2 Å². The van der Waals surface area contributed by atoms with Crippen LogP contribution in [0.15, 0.2) is 29.6 Å². The third-order valence-electron chi connectivity index (χ3n) is 3.02. The molecule has 3 heteroatoms. The minimum absolute atomic E-state index is 0.844. The monoisotopic (exact) mass is 261 g/mol. The maximum atomic E-state index is 5.41. The normalized spacial score (nSPS) is 10.6. The largest absolute Gasteiger partial charge is 0.496 e.